The van der Waals surface area contributed by atoms with Crippen LogP contribution in [0.4, 0.5) is 38.0 Å². The molecule has 1 amide bonds. The number of amides is 1. The van der Waals surface area contributed by atoms with Gasteiger partial charge in [-0.2, -0.15) is 39.7 Å². The summed E-state index contributed by atoms with van der Waals surface area (Å²) >= 11 is 0. The normalized spacial score (nSPS) is 16.3. The molecule has 1 aliphatic carbocycles. The summed E-state index contributed by atoms with van der Waals surface area (Å²) < 4.78 is 128. The zero-order valence-corrected chi connectivity index (χ0v) is 24.9. The van der Waals surface area contributed by atoms with Gasteiger partial charge in [-0.1, -0.05) is 18.2 Å². The van der Waals surface area contributed by atoms with E-state index in [1.807, 2.05) is 0 Å². The number of anilines is 2. The zero-order valence-electron chi connectivity index (χ0n) is 23.3. The second kappa shape index (κ2) is 13.7. The van der Waals surface area contributed by atoms with Crippen molar-refractivity contribution < 1.29 is 58.2 Å². The van der Waals surface area contributed by atoms with Gasteiger partial charge in [0.05, 0.1) is 20.7 Å². The molecule has 0 spiro atoms. The Morgan fingerprint density at radius 1 is 0.978 bits per heavy atom. The molecule has 0 saturated heterocycles. The van der Waals surface area contributed by atoms with Gasteiger partial charge in [0.15, 0.2) is 0 Å². The van der Waals surface area contributed by atoms with Crippen molar-refractivity contribution in [3.63, 3.8) is 0 Å². The first-order chi connectivity index (χ1) is 20.7. The fraction of sp³-hybridized carbons (Fsp3) is 0.346. The third kappa shape index (κ3) is 9.84. The summed E-state index contributed by atoms with van der Waals surface area (Å²) in [6.07, 6.45) is -11.0. The van der Waals surface area contributed by atoms with Gasteiger partial charge in [0, 0.05) is 22.0 Å². The quantitative estimate of drug-likeness (QED) is 0.206. The van der Waals surface area contributed by atoms with Crippen LogP contribution in [0.25, 0.3) is 0 Å². The van der Waals surface area contributed by atoms with E-state index in [0.717, 1.165) is 0 Å². The number of aliphatic hydroxyl groups is 1. The Morgan fingerprint density at radius 3 is 2.00 bits per heavy atom. The first-order valence-electron chi connectivity index (χ1n) is 12.8. The number of aliphatic hydroxyl groups excluding tert-OH is 1. The van der Waals surface area contributed by atoms with E-state index >= 15 is 0 Å². The second-order valence-electron chi connectivity index (χ2n) is 9.57. The number of aromatic nitrogens is 2. The lowest BCUT2D eigenvalue weighted by Gasteiger charge is -2.20. The molecule has 0 radical (unpaired) electrons. The number of carbonyl (C=O) groups excluding carboxylic acids is 1. The first kappa shape index (κ1) is 35.7. The molecule has 45 heavy (non-hydrogen) atoms. The number of nitrogens with one attached hydrogen (secondary N) is 1. The summed E-state index contributed by atoms with van der Waals surface area (Å²) in [7, 11) is -7.67. The SMILES string of the molecule is C[C@@H](O)[C@@H](C)Oc1nc(Nc2ccc([S@@](=O)(=NC(=O)C(F)(F)F)C3CC3)cc2)ncc1C(F)(F)F.O=S(=O)(O)c1ccccc1. The molecule has 246 valence electrons. The van der Waals surface area contributed by atoms with Crippen molar-refractivity contribution in [2.45, 2.75) is 66.3 Å². The van der Waals surface area contributed by atoms with Crippen molar-refractivity contribution in [1.82, 2.24) is 9.97 Å². The van der Waals surface area contributed by atoms with Gasteiger partial charge in [0.2, 0.25) is 11.8 Å². The van der Waals surface area contributed by atoms with E-state index in [4.69, 9.17) is 9.29 Å². The molecule has 1 fully saturated rings. The van der Waals surface area contributed by atoms with Gasteiger partial charge in [-0.25, -0.2) is 9.19 Å². The van der Waals surface area contributed by atoms with Crippen LogP contribution in [0.15, 0.2) is 74.9 Å². The lowest BCUT2D eigenvalue weighted by atomic mass is 10.2. The molecule has 19 heteroatoms. The predicted molar refractivity (Wildman–Crippen MR) is 148 cm³/mol. The molecule has 3 atom stereocenters. The van der Waals surface area contributed by atoms with Crippen molar-refractivity contribution in [2.75, 3.05) is 5.32 Å². The monoisotopic (exact) mass is 684 g/mol. The summed E-state index contributed by atoms with van der Waals surface area (Å²) in [5.41, 5.74) is -1.06. The second-order valence-corrected chi connectivity index (χ2v) is 13.5. The van der Waals surface area contributed by atoms with Crippen LogP contribution in [0.5, 0.6) is 5.88 Å². The Labute approximate surface area is 253 Å². The van der Waals surface area contributed by atoms with Gasteiger partial charge in [-0.3, -0.25) is 9.35 Å². The van der Waals surface area contributed by atoms with Crippen LogP contribution in [-0.4, -0.2) is 61.8 Å². The predicted octanol–water partition coefficient (Wildman–Crippen LogP) is 5.40. The number of carbonyl (C=O) groups is 1. The number of nitrogens with zero attached hydrogens (tertiary/aromatic N) is 3. The first-order valence-corrected chi connectivity index (χ1v) is 15.8. The molecule has 0 aliphatic heterocycles. The largest absolute Gasteiger partial charge is 0.474 e. The number of hydrogen-bond acceptors (Lipinski definition) is 9. The molecule has 1 saturated carbocycles. The van der Waals surface area contributed by atoms with E-state index in [1.54, 1.807) is 18.2 Å². The minimum Gasteiger partial charge on any atom is -0.471 e. The van der Waals surface area contributed by atoms with Crippen molar-refractivity contribution in [3.8, 4) is 5.88 Å². The number of alkyl halides is 6. The maximum atomic E-state index is 13.3. The van der Waals surface area contributed by atoms with Crippen molar-refractivity contribution >= 4 is 37.4 Å². The van der Waals surface area contributed by atoms with Crippen LogP contribution in [0.3, 0.4) is 0 Å². The molecule has 11 nitrogen and oxygen atoms in total. The van der Waals surface area contributed by atoms with Crippen molar-refractivity contribution in [3.05, 3.63) is 66.4 Å². The molecule has 3 N–H and O–H groups in total. The summed E-state index contributed by atoms with van der Waals surface area (Å²) in [6, 6.07) is 12.4. The third-order valence-electron chi connectivity index (χ3n) is 5.96. The van der Waals surface area contributed by atoms with E-state index in [0.29, 0.717) is 19.0 Å². The molecule has 3 aromatic rings. The smallest absolute Gasteiger partial charge is 0.471 e. The minimum atomic E-state index is -5.26. The van der Waals surface area contributed by atoms with Gasteiger partial charge in [0.25, 0.3) is 10.1 Å². The maximum absolute atomic E-state index is 13.3. The minimum absolute atomic E-state index is 0.0741. The molecule has 4 rings (SSSR count). The van der Waals surface area contributed by atoms with Gasteiger partial charge in [-0.05, 0) is 63.1 Å². The molecular weight excluding hydrogens is 658 g/mol. The average Bonchev–Trinajstić information content (AvgIpc) is 3.79. The van der Waals surface area contributed by atoms with Crippen LogP contribution in [0.2, 0.25) is 0 Å². The zero-order chi connectivity index (χ0) is 33.8. The van der Waals surface area contributed by atoms with E-state index in [9.17, 15) is 48.9 Å². The Morgan fingerprint density at radius 2 is 1.56 bits per heavy atom. The van der Waals surface area contributed by atoms with Crippen molar-refractivity contribution in [2.24, 2.45) is 4.36 Å². The third-order valence-corrected chi connectivity index (χ3v) is 9.59. The van der Waals surface area contributed by atoms with E-state index in [1.165, 1.54) is 50.2 Å². The fourth-order valence-electron chi connectivity index (χ4n) is 3.32. The molecule has 0 bridgehead atoms. The van der Waals surface area contributed by atoms with Crippen LogP contribution in [0, 0.1) is 0 Å². The highest BCUT2D eigenvalue weighted by Gasteiger charge is 2.43. The maximum Gasteiger partial charge on any atom is 0.474 e. The average molecular weight is 685 g/mol. The number of rotatable bonds is 8. The topological polar surface area (TPSA) is 168 Å². The van der Waals surface area contributed by atoms with E-state index in [2.05, 4.69) is 19.6 Å². The Kier molecular flexibility index (Phi) is 10.8. The lowest BCUT2D eigenvalue weighted by molar-refractivity contribution is -0.169. The molecule has 1 aromatic heterocycles. The highest BCUT2D eigenvalue weighted by molar-refractivity contribution is 7.94. The lowest BCUT2D eigenvalue weighted by Crippen LogP contribution is -2.27. The molecule has 1 heterocycles. The van der Waals surface area contributed by atoms with E-state index < -0.39 is 67.0 Å². The summed E-state index contributed by atoms with van der Waals surface area (Å²) in [5, 5.41) is 11.5. The molecule has 2 aromatic carbocycles. The van der Waals surface area contributed by atoms with Crippen LogP contribution >= 0.6 is 0 Å². The highest BCUT2D eigenvalue weighted by atomic mass is 32.2. The molecule has 1 aliphatic rings. The summed E-state index contributed by atoms with van der Waals surface area (Å²) in [5.74, 6) is -3.56. The Hall–Kier alpha value is -3.81. The fourth-order valence-corrected chi connectivity index (χ4v) is 6.11. The van der Waals surface area contributed by atoms with Gasteiger partial charge in [0.1, 0.15) is 11.7 Å². The number of hydrogen-bond donors (Lipinski definition) is 3. The van der Waals surface area contributed by atoms with Crippen LogP contribution in [-0.2, 0) is 30.8 Å². The van der Waals surface area contributed by atoms with Gasteiger partial charge in [-0.15, -0.1) is 4.36 Å². The molecular formula is C26H26F6N4O7S2. The van der Waals surface area contributed by atoms with Crippen LogP contribution < -0.4 is 10.1 Å². The van der Waals surface area contributed by atoms with Gasteiger partial charge < -0.3 is 15.2 Å². The number of halogens is 6. The van der Waals surface area contributed by atoms with E-state index in [-0.39, 0.29) is 21.4 Å². The van der Waals surface area contributed by atoms with Gasteiger partial charge >= 0.3 is 18.3 Å². The summed E-state index contributed by atoms with van der Waals surface area (Å²) in [4.78, 5) is 18.5. The number of benzene rings is 2. The number of ether oxygens (including phenoxy) is 1. The Balaban J connectivity index is 0.000000468. The van der Waals surface area contributed by atoms with Crippen molar-refractivity contribution in [1.29, 1.82) is 0 Å². The summed E-state index contributed by atoms with van der Waals surface area (Å²) in [6.45, 7) is 2.68. The highest BCUT2D eigenvalue weighted by Crippen LogP contribution is 2.38. The standard InChI is InChI=1S/C20H20F6N4O4S.C6H6O3S/c1-10(31)11(2)34-16-15(19(21,22)23)9-27-18(29-16)28-12-3-5-13(6-4-12)35(33,14-7-8-14)30-17(32)20(24,25)26;7-10(8,9)6-4-2-1-3-5-6/h3-6,9-11,14,31H,7-8H2,1-2H3,(H,27,28,29);1-5H,(H,7,8,9)/t10-,11-,35+;/m1./s1. The van der Waals surface area contributed by atoms with Crippen LogP contribution in [0.1, 0.15) is 32.3 Å². The molecule has 0 unspecified atom stereocenters. The Bertz CT molecular complexity index is 1720.